The number of carboxylic acid groups (broad SMARTS) is 2. The van der Waals surface area contributed by atoms with E-state index >= 15 is 0 Å². The summed E-state index contributed by atoms with van der Waals surface area (Å²) in [7, 11) is 0. The van der Waals surface area contributed by atoms with Gasteiger partial charge in [-0.1, -0.05) is 18.2 Å². The second-order valence-corrected chi connectivity index (χ2v) is 9.12. The Morgan fingerprint density at radius 2 is 1.59 bits per heavy atom. The first-order valence-corrected chi connectivity index (χ1v) is 12.5. The quantitative estimate of drug-likeness (QED) is 0.109. The fraction of sp³-hybridized carbons (Fsp3) is 0.333. The third-order valence-corrected chi connectivity index (χ3v) is 6.24. The summed E-state index contributed by atoms with van der Waals surface area (Å²) >= 11 is 3.87. The van der Waals surface area contributed by atoms with Crippen molar-refractivity contribution in [3.05, 3.63) is 54.2 Å². The molecule has 1 aromatic carbocycles. The number of carboxylic acids is 2. The Morgan fingerprint density at radius 1 is 0.923 bits per heavy atom. The number of fused-ring (bicyclic) bond motifs is 1. The number of aromatic amines is 2. The van der Waals surface area contributed by atoms with Crippen LogP contribution in [0.4, 0.5) is 0 Å². The van der Waals surface area contributed by atoms with Crippen LogP contribution in [-0.2, 0) is 36.8 Å². The average Bonchev–Trinajstić information content (AvgIpc) is 3.55. The maximum Gasteiger partial charge on any atom is 0.327 e. The van der Waals surface area contributed by atoms with Crippen molar-refractivity contribution < 1.29 is 34.2 Å². The standard InChI is InChI=1S/C24H29N7O7S/c25-15(6-13-9-26-11-28-13)21(34)29-17(5-12-8-27-16-4-2-1-3-14(12)16)22(35)30-18(7-20(32)33)23(36)31-19(10-39)24(37)38/h1-4,8-9,11,15,17-19,27,39H,5-7,10,25H2,(H,26,28)(H,29,34)(H,30,35)(H,31,36)(H,32,33)(H,37,38). The van der Waals surface area contributed by atoms with Crippen molar-refractivity contribution in [3.8, 4) is 0 Å². The summed E-state index contributed by atoms with van der Waals surface area (Å²) < 4.78 is 0. The first-order valence-electron chi connectivity index (χ1n) is 11.8. The molecule has 0 aliphatic heterocycles. The zero-order valence-corrected chi connectivity index (χ0v) is 21.5. The minimum Gasteiger partial charge on any atom is -0.481 e. The summed E-state index contributed by atoms with van der Waals surface area (Å²) in [5, 5.41) is 26.4. The fourth-order valence-corrected chi connectivity index (χ4v) is 4.10. The average molecular weight is 560 g/mol. The summed E-state index contributed by atoms with van der Waals surface area (Å²) in [4.78, 5) is 71.5. The lowest BCUT2D eigenvalue weighted by molar-refractivity contribution is -0.143. The molecule has 0 bridgehead atoms. The van der Waals surface area contributed by atoms with Crippen LogP contribution in [-0.4, -0.2) is 84.7 Å². The van der Waals surface area contributed by atoms with Gasteiger partial charge >= 0.3 is 11.9 Å². The van der Waals surface area contributed by atoms with E-state index in [1.807, 2.05) is 18.2 Å². The lowest BCUT2D eigenvalue weighted by atomic mass is 10.0. The van der Waals surface area contributed by atoms with E-state index in [2.05, 4.69) is 43.5 Å². The number of carbonyl (C=O) groups is 5. The fourth-order valence-electron chi connectivity index (χ4n) is 3.85. The van der Waals surface area contributed by atoms with E-state index < -0.39 is 60.2 Å². The summed E-state index contributed by atoms with van der Waals surface area (Å²) in [6, 6.07) is 1.96. The van der Waals surface area contributed by atoms with Crippen molar-refractivity contribution in [2.45, 2.75) is 43.4 Å². The molecule has 4 unspecified atom stereocenters. The highest BCUT2D eigenvalue weighted by molar-refractivity contribution is 7.80. The molecule has 2 aromatic heterocycles. The molecule has 0 radical (unpaired) electrons. The molecule has 208 valence electrons. The van der Waals surface area contributed by atoms with Crippen molar-refractivity contribution in [2.24, 2.45) is 5.73 Å². The molecule has 4 atom stereocenters. The number of thiol groups is 1. The Labute approximate surface area is 227 Å². The van der Waals surface area contributed by atoms with Gasteiger partial charge in [0.1, 0.15) is 18.1 Å². The summed E-state index contributed by atoms with van der Waals surface area (Å²) in [5.74, 6) is -5.60. The molecular weight excluding hydrogens is 530 g/mol. The number of amides is 3. The van der Waals surface area contributed by atoms with Crippen LogP contribution in [0.25, 0.3) is 10.9 Å². The van der Waals surface area contributed by atoms with Gasteiger partial charge in [-0.15, -0.1) is 0 Å². The molecule has 9 N–H and O–H groups in total. The van der Waals surface area contributed by atoms with Crippen LogP contribution in [0, 0.1) is 0 Å². The van der Waals surface area contributed by atoms with Gasteiger partial charge in [0.15, 0.2) is 0 Å². The van der Waals surface area contributed by atoms with Crippen LogP contribution < -0.4 is 21.7 Å². The molecule has 3 aromatic rings. The lowest BCUT2D eigenvalue weighted by Gasteiger charge is -2.24. The monoisotopic (exact) mass is 559 g/mol. The Morgan fingerprint density at radius 3 is 2.23 bits per heavy atom. The molecule has 15 heteroatoms. The molecule has 3 rings (SSSR count). The maximum absolute atomic E-state index is 13.4. The Balaban J connectivity index is 1.83. The van der Waals surface area contributed by atoms with Crippen LogP contribution in [0.1, 0.15) is 17.7 Å². The van der Waals surface area contributed by atoms with Gasteiger partial charge in [0.05, 0.1) is 18.8 Å². The van der Waals surface area contributed by atoms with E-state index in [0.29, 0.717) is 11.3 Å². The molecule has 0 aliphatic rings. The van der Waals surface area contributed by atoms with E-state index in [-0.39, 0.29) is 18.6 Å². The van der Waals surface area contributed by atoms with Gasteiger partial charge < -0.3 is 41.9 Å². The van der Waals surface area contributed by atoms with Crippen molar-refractivity contribution in [2.75, 3.05) is 5.75 Å². The number of aliphatic carboxylic acids is 2. The minimum atomic E-state index is -1.63. The molecule has 0 saturated heterocycles. The van der Waals surface area contributed by atoms with Crippen molar-refractivity contribution in [1.29, 1.82) is 0 Å². The van der Waals surface area contributed by atoms with Crippen LogP contribution in [0.2, 0.25) is 0 Å². The number of imidazole rings is 1. The third kappa shape index (κ3) is 8.05. The molecule has 0 aliphatic carbocycles. The van der Waals surface area contributed by atoms with E-state index in [4.69, 9.17) is 5.73 Å². The van der Waals surface area contributed by atoms with Gasteiger partial charge in [-0.25, -0.2) is 9.78 Å². The van der Waals surface area contributed by atoms with E-state index in [9.17, 15) is 34.2 Å². The lowest BCUT2D eigenvalue weighted by Crippen LogP contribution is -2.58. The van der Waals surface area contributed by atoms with Gasteiger partial charge in [0, 0.05) is 47.6 Å². The van der Waals surface area contributed by atoms with Crippen molar-refractivity contribution in [3.63, 3.8) is 0 Å². The topological polar surface area (TPSA) is 232 Å². The van der Waals surface area contributed by atoms with Crippen LogP contribution >= 0.6 is 12.6 Å². The van der Waals surface area contributed by atoms with Gasteiger partial charge in [-0.05, 0) is 11.6 Å². The summed E-state index contributed by atoms with van der Waals surface area (Å²) in [6.07, 6.45) is 3.87. The first kappa shape index (κ1) is 29.2. The second-order valence-electron chi connectivity index (χ2n) is 8.75. The third-order valence-electron chi connectivity index (χ3n) is 5.87. The first-order chi connectivity index (χ1) is 18.6. The largest absolute Gasteiger partial charge is 0.481 e. The number of aromatic nitrogens is 3. The molecule has 14 nitrogen and oxygen atoms in total. The number of H-pyrrole nitrogens is 2. The Kier molecular flexibility index (Phi) is 10.1. The Hall–Kier alpha value is -4.37. The SMILES string of the molecule is NC(Cc1cnc[nH]1)C(=O)NC(Cc1c[nH]c2ccccc12)C(=O)NC(CC(=O)O)C(=O)NC(CS)C(=O)O. The number of para-hydroxylation sites is 1. The zero-order chi connectivity index (χ0) is 28.5. The molecular formula is C24H29N7O7S. The predicted molar refractivity (Wildman–Crippen MR) is 142 cm³/mol. The highest BCUT2D eigenvalue weighted by atomic mass is 32.1. The minimum absolute atomic E-state index is 0.0197. The molecule has 0 spiro atoms. The number of hydrogen-bond acceptors (Lipinski definition) is 8. The van der Waals surface area contributed by atoms with Crippen molar-refractivity contribution >= 4 is 53.2 Å². The van der Waals surface area contributed by atoms with E-state index in [1.165, 1.54) is 12.5 Å². The number of nitrogens with two attached hydrogens (primary N) is 1. The van der Waals surface area contributed by atoms with Gasteiger partial charge in [0.25, 0.3) is 0 Å². The van der Waals surface area contributed by atoms with E-state index in [1.54, 1.807) is 12.3 Å². The van der Waals surface area contributed by atoms with Gasteiger partial charge in [0.2, 0.25) is 17.7 Å². The number of hydrogen-bond donors (Lipinski definition) is 9. The smallest absolute Gasteiger partial charge is 0.327 e. The number of benzene rings is 1. The predicted octanol–water partition coefficient (Wildman–Crippen LogP) is -1.05. The van der Waals surface area contributed by atoms with Crippen LogP contribution in [0.5, 0.6) is 0 Å². The number of carbonyl (C=O) groups excluding carboxylic acids is 3. The Bertz CT molecular complexity index is 1330. The molecule has 3 amide bonds. The molecule has 0 saturated carbocycles. The highest BCUT2D eigenvalue weighted by Gasteiger charge is 2.32. The summed E-state index contributed by atoms with van der Waals surface area (Å²) in [6.45, 7) is 0. The number of rotatable bonds is 14. The maximum atomic E-state index is 13.4. The van der Waals surface area contributed by atoms with Gasteiger partial charge in [-0.2, -0.15) is 12.6 Å². The molecule has 2 heterocycles. The van der Waals surface area contributed by atoms with E-state index in [0.717, 1.165) is 10.9 Å². The number of nitrogens with zero attached hydrogens (tertiary/aromatic N) is 1. The second kappa shape index (κ2) is 13.4. The van der Waals surface area contributed by atoms with Crippen molar-refractivity contribution in [1.82, 2.24) is 30.9 Å². The highest BCUT2D eigenvalue weighted by Crippen LogP contribution is 2.19. The number of nitrogens with one attached hydrogen (secondary N) is 5. The summed E-state index contributed by atoms with van der Waals surface area (Å²) in [5.41, 5.74) is 8.10. The van der Waals surface area contributed by atoms with Crippen LogP contribution in [0.3, 0.4) is 0 Å². The zero-order valence-electron chi connectivity index (χ0n) is 20.6. The van der Waals surface area contributed by atoms with Crippen LogP contribution in [0.15, 0.2) is 43.0 Å². The molecule has 0 fully saturated rings. The molecule has 39 heavy (non-hydrogen) atoms. The normalized spacial score (nSPS) is 14.1. The van der Waals surface area contributed by atoms with Gasteiger partial charge in [-0.3, -0.25) is 19.2 Å².